The minimum absolute atomic E-state index is 0. The molecule has 2 fully saturated rings. The fraction of sp³-hybridized carbons (Fsp3) is 0.538. The number of benzene rings is 1. The molecule has 2 saturated heterocycles. The maximum Gasteiger partial charge on any atom is 0.168 e. The Morgan fingerprint density at radius 1 is 1.11 bits per heavy atom. The second-order valence-electron chi connectivity index (χ2n) is 5.24. The summed E-state index contributed by atoms with van der Waals surface area (Å²) in [4.78, 5) is 0. The van der Waals surface area contributed by atoms with Gasteiger partial charge in [-0.05, 0) is 0 Å². The number of aliphatic hydroxyl groups excluding tert-OH is 2. The van der Waals surface area contributed by atoms with Crippen LogP contribution >= 0.6 is 0 Å². The summed E-state index contributed by atoms with van der Waals surface area (Å²) >= 11 is 0. The molecule has 1 aromatic carbocycles. The Kier molecular flexibility index (Phi) is 6.05. The van der Waals surface area contributed by atoms with Gasteiger partial charge in [-0.15, -0.1) is 0 Å². The molecule has 2 bridgehead atoms. The first kappa shape index (κ1) is 16.7. The summed E-state index contributed by atoms with van der Waals surface area (Å²) in [6.07, 6.45) is -0.0810. The van der Waals surface area contributed by atoms with Crippen LogP contribution in [0.25, 0.3) is 0 Å². The Labute approximate surface area is 125 Å². The van der Waals surface area contributed by atoms with Crippen LogP contribution in [0, 0.1) is 0 Å². The van der Waals surface area contributed by atoms with Crippen molar-refractivity contribution in [1.82, 2.24) is 0 Å². The van der Waals surface area contributed by atoms with E-state index in [-0.39, 0.29) is 36.9 Å². The van der Waals surface area contributed by atoms with E-state index in [0.717, 1.165) is 13.0 Å². The Morgan fingerprint density at radius 3 is 2.37 bits per heavy atom. The van der Waals surface area contributed by atoms with Crippen LogP contribution < -0.4 is 35.4 Å². The summed E-state index contributed by atoms with van der Waals surface area (Å²) in [5.41, 5.74) is 1.31. The highest BCUT2D eigenvalue weighted by molar-refractivity contribution is 5.13. The van der Waals surface area contributed by atoms with Gasteiger partial charge in [0, 0.05) is 5.56 Å². The molecule has 0 spiro atoms. The SMILES string of the molecule is O[C@@H]1[C@H](O)[C@H]2C[C@H]([NH2+]Cc3ccccc3)[C@@H]1[NH2+]2.[Cl-].[Cl-]. The van der Waals surface area contributed by atoms with E-state index in [0.29, 0.717) is 6.04 Å². The molecule has 0 radical (unpaired) electrons. The Morgan fingerprint density at radius 2 is 1.79 bits per heavy atom. The second kappa shape index (κ2) is 6.88. The highest BCUT2D eigenvalue weighted by Crippen LogP contribution is 2.21. The molecule has 2 aliphatic heterocycles. The Balaban J connectivity index is 0.000000902. The number of aliphatic hydroxyl groups is 2. The summed E-state index contributed by atoms with van der Waals surface area (Å²) in [6.45, 7) is 0.950. The van der Waals surface area contributed by atoms with E-state index in [1.54, 1.807) is 0 Å². The third kappa shape index (κ3) is 3.21. The van der Waals surface area contributed by atoms with Gasteiger partial charge in [-0.25, -0.2) is 0 Å². The van der Waals surface area contributed by atoms with Crippen molar-refractivity contribution in [3.05, 3.63) is 35.9 Å². The first-order valence-corrected chi connectivity index (χ1v) is 6.34. The average molecular weight is 307 g/mol. The fourth-order valence-electron chi connectivity index (χ4n) is 3.23. The van der Waals surface area contributed by atoms with E-state index in [2.05, 4.69) is 34.9 Å². The monoisotopic (exact) mass is 306 g/mol. The predicted molar refractivity (Wildman–Crippen MR) is 62.0 cm³/mol. The Hall–Kier alpha value is -0.360. The quantitative estimate of drug-likeness (QED) is 0.448. The van der Waals surface area contributed by atoms with Gasteiger partial charge in [-0.2, -0.15) is 0 Å². The van der Waals surface area contributed by atoms with Crippen LogP contribution in [0.1, 0.15) is 12.0 Å². The zero-order valence-corrected chi connectivity index (χ0v) is 12.0. The molecule has 108 valence electrons. The first-order chi connectivity index (χ1) is 8.25. The van der Waals surface area contributed by atoms with E-state index in [9.17, 15) is 10.2 Å². The van der Waals surface area contributed by atoms with Crippen LogP contribution in [0.5, 0.6) is 0 Å². The summed E-state index contributed by atoms with van der Waals surface area (Å²) in [5, 5.41) is 24.0. The van der Waals surface area contributed by atoms with Gasteiger partial charge in [0.15, 0.2) is 6.04 Å². The zero-order valence-electron chi connectivity index (χ0n) is 10.5. The lowest BCUT2D eigenvalue weighted by atomic mass is 9.90. The fourth-order valence-corrected chi connectivity index (χ4v) is 3.23. The van der Waals surface area contributed by atoms with Gasteiger partial charge < -0.3 is 45.7 Å². The lowest BCUT2D eigenvalue weighted by molar-refractivity contribution is -0.752. The van der Waals surface area contributed by atoms with E-state index in [4.69, 9.17) is 0 Å². The molecule has 0 aliphatic carbocycles. The number of quaternary nitrogens is 2. The smallest absolute Gasteiger partial charge is 0.168 e. The van der Waals surface area contributed by atoms with Gasteiger partial charge in [0.2, 0.25) is 0 Å². The van der Waals surface area contributed by atoms with Crippen molar-refractivity contribution in [3.63, 3.8) is 0 Å². The highest BCUT2D eigenvalue weighted by atomic mass is 35.5. The predicted octanol–water partition coefficient (Wildman–Crippen LogP) is -8.43. The molecule has 0 aromatic heterocycles. The molecule has 2 heterocycles. The number of hydrogen-bond donors (Lipinski definition) is 4. The number of halogens is 2. The van der Waals surface area contributed by atoms with Crippen LogP contribution in [0.2, 0.25) is 0 Å². The van der Waals surface area contributed by atoms with Crippen molar-refractivity contribution in [2.24, 2.45) is 0 Å². The van der Waals surface area contributed by atoms with Gasteiger partial charge in [-0.3, -0.25) is 0 Å². The van der Waals surface area contributed by atoms with Gasteiger partial charge in [0.05, 0.1) is 6.42 Å². The van der Waals surface area contributed by atoms with Crippen molar-refractivity contribution in [3.8, 4) is 0 Å². The third-order valence-electron chi connectivity index (χ3n) is 4.19. The molecule has 4 nitrogen and oxygen atoms in total. The van der Waals surface area contributed by atoms with Crippen molar-refractivity contribution < 1.29 is 45.7 Å². The molecule has 2 aliphatic rings. The molecule has 0 saturated carbocycles. The van der Waals surface area contributed by atoms with Gasteiger partial charge in [-0.1, -0.05) is 30.3 Å². The topological polar surface area (TPSA) is 73.7 Å². The van der Waals surface area contributed by atoms with Crippen molar-refractivity contribution in [1.29, 1.82) is 0 Å². The van der Waals surface area contributed by atoms with Gasteiger partial charge in [0.1, 0.15) is 30.8 Å². The van der Waals surface area contributed by atoms with E-state index in [1.807, 2.05) is 6.07 Å². The standard InChI is InChI=1S/C13H18N2O2.2ClH/c16-12-10-6-9(11(15-10)13(12)17)14-7-8-4-2-1-3-5-8;;/h1-5,9-17H,6-7H2;2*1H/t9-,10+,11-,12+,13-;;/m0../s1. The summed E-state index contributed by atoms with van der Waals surface area (Å²) in [6, 6.07) is 11.2. The molecule has 6 N–H and O–H groups in total. The minimum Gasteiger partial charge on any atom is -1.00 e. The average Bonchev–Trinajstić information content (AvgIpc) is 2.89. The van der Waals surface area contributed by atoms with Gasteiger partial charge in [0.25, 0.3) is 0 Å². The first-order valence-electron chi connectivity index (χ1n) is 6.34. The van der Waals surface area contributed by atoms with Crippen molar-refractivity contribution >= 4 is 0 Å². The van der Waals surface area contributed by atoms with Crippen LogP contribution in [-0.4, -0.2) is 40.5 Å². The summed E-state index contributed by atoms with van der Waals surface area (Å²) in [5.74, 6) is 0. The highest BCUT2D eigenvalue weighted by Gasteiger charge is 2.57. The molecule has 5 atom stereocenters. The number of nitrogens with two attached hydrogens (primary N) is 2. The van der Waals surface area contributed by atoms with Crippen LogP contribution in [-0.2, 0) is 6.54 Å². The minimum atomic E-state index is -0.550. The van der Waals surface area contributed by atoms with Crippen molar-refractivity contribution in [2.45, 2.75) is 43.3 Å². The van der Waals surface area contributed by atoms with Crippen LogP contribution in [0.4, 0.5) is 0 Å². The summed E-state index contributed by atoms with van der Waals surface area (Å²) < 4.78 is 0. The zero-order chi connectivity index (χ0) is 11.8. The van der Waals surface area contributed by atoms with Crippen LogP contribution in [0.15, 0.2) is 30.3 Å². The Bertz CT molecular complexity index is 391. The molecule has 19 heavy (non-hydrogen) atoms. The van der Waals surface area contributed by atoms with E-state index >= 15 is 0 Å². The normalized spacial score (nSPS) is 35.6. The molecule has 6 heteroatoms. The van der Waals surface area contributed by atoms with E-state index < -0.39 is 12.2 Å². The molecule has 0 unspecified atom stereocenters. The summed E-state index contributed by atoms with van der Waals surface area (Å²) in [7, 11) is 0. The number of hydrogen-bond acceptors (Lipinski definition) is 2. The lowest BCUT2D eigenvalue weighted by Gasteiger charge is -2.22. The molecule has 0 amide bonds. The van der Waals surface area contributed by atoms with E-state index in [1.165, 1.54) is 5.56 Å². The van der Waals surface area contributed by atoms with Gasteiger partial charge >= 0.3 is 0 Å². The number of fused-ring (bicyclic) bond motifs is 2. The maximum absolute atomic E-state index is 9.85. The molecular weight excluding hydrogens is 287 g/mol. The molecule has 1 aromatic rings. The third-order valence-corrected chi connectivity index (χ3v) is 4.19. The lowest BCUT2D eigenvalue weighted by Crippen LogP contribution is -3.00. The van der Waals surface area contributed by atoms with Crippen LogP contribution in [0.3, 0.4) is 0 Å². The number of rotatable bonds is 3. The largest absolute Gasteiger partial charge is 1.00 e. The maximum atomic E-state index is 9.85. The molecule has 3 rings (SSSR count). The second-order valence-corrected chi connectivity index (χ2v) is 5.24. The van der Waals surface area contributed by atoms with Crippen molar-refractivity contribution in [2.75, 3.05) is 0 Å². The molecular formula is C13H20Cl2N2O2.